The number of ketones is 1. The molecule has 0 spiro atoms. The highest BCUT2D eigenvalue weighted by molar-refractivity contribution is 5.98. The van der Waals surface area contributed by atoms with Crippen molar-refractivity contribution in [3.8, 4) is 0 Å². The number of aryl methyl sites for hydroxylation is 1. The molecule has 1 N–H and O–H groups in total. The summed E-state index contributed by atoms with van der Waals surface area (Å²) in [5.41, 5.74) is 1.99. The number of halogens is 1. The quantitative estimate of drug-likeness (QED) is 0.715. The fourth-order valence-corrected chi connectivity index (χ4v) is 3.18. The number of carbonyl (C=O) groups is 2. The van der Waals surface area contributed by atoms with Crippen LogP contribution in [0, 0.1) is 0 Å². The van der Waals surface area contributed by atoms with Gasteiger partial charge in [-0.1, -0.05) is 37.6 Å². The lowest BCUT2D eigenvalue weighted by Crippen LogP contribution is -2.44. The Morgan fingerprint density at radius 2 is 1.76 bits per heavy atom. The molecule has 1 aromatic rings. The number of hydrogen-bond donors (Lipinski definition) is 1. The van der Waals surface area contributed by atoms with E-state index < -0.39 is 0 Å². The van der Waals surface area contributed by atoms with E-state index in [0.717, 1.165) is 32.4 Å². The molecule has 1 heterocycles. The summed E-state index contributed by atoms with van der Waals surface area (Å²) in [4.78, 5) is 26.4. The molecule has 5 heteroatoms. The van der Waals surface area contributed by atoms with Crippen LogP contribution in [0.2, 0.25) is 0 Å². The molecule has 140 valence electrons. The average Bonchev–Trinajstić information content (AvgIpc) is 2.64. The lowest BCUT2D eigenvalue weighted by molar-refractivity contribution is -0.132. The zero-order chi connectivity index (χ0) is 17.4. The number of nitrogens with zero attached hydrogens (tertiary/aromatic N) is 1. The molecule has 0 unspecified atom stereocenters. The van der Waals surface area contributed by atoms with Crippen molar-refractivity contribution in [2.24, 2.45) is 0 Å². The Hall–Kier alpha value is -1.39. The third-order valence-electron chi connectivity index (χ3n) is 4.91. The van der Waals surface area contributed by atoms with Gasteiger partial charge in [0.2, 0.25) is 5.91 Å². The number of amides is 1. The molecule has 4 nitrogen and oxygen atoms in total. The second-order valence-corrected chi connectivity index (χ2v) is 6.71. The topological polar surface area (TPSA) is 49.4 Å². The first-order valence-electron chi connectivity index (χ1n) is 9.20. The van der Waals surface area contributed by atoms with E-state index in [2.05, 4.69) is 12.2 Å². The van der Waals surface area contributed by atoms with E-state index in [9.17, 15) is 9.59 Å². The second kappa shape index (κ2) is 11.3. The molecule has 0 saturated carbocycles. The van der Waals surface area contributed by atoms with Crippen LogP contribution in [0.3, 0.4) is 0 Å². The molecule has 25 heavy (non-hydrogen) atoms. The summed E-state index contributed by atoms with van der Waals surface area (Å²) in [7, 11) is 1.87. The molecular formula is C20H31ClN2O2. The molecule has 1 amide bonds. The van der Waals surface area contributed by atoms with Gasteiger partial charge in [-0.05, 0) is 44.3 Å². The molecule has 0 aromatic heterocycles. The zero-order valence-electron chi connectivity index (χ0n) is 15.4. The van der Waals surface area contributed by atoms with Crippen LogP contribution in [0.25, 0.3) is 0 Å². The van der Waals surface area contributed by atoms with E-state index in [1.54, 1.807) is 0 Å². The maximum atomic E-state index is 12.3. The number of Topliss-reactive ketones (excluding diaryl/α,β-unsaturated/α-hetero) is 1. The van der Waals surface area contributed by atoms with E-state index in [4.69, 9.17) is 0 Å². The maximum Gasteiger partial charge on any atom is 0.223 e. The molecule has 1 aromatic carbocycles. The molecule has 0 aliphatic carbocycles. The molecule has 2 rings (SSSR count). The Morgan fingerprint density at radius 1 is 1.12 bits per heavy atom. The summed E-state index contributed by atoms with van der Waals surface area (Å²) in [5, 5.41) is 3.31. The van der Waals surface area contributed by atoms with Gasteiger partial charge < -0.3 is 10.2 Å². The van der Waals surface area contributed by atoms with Crippen LogP contribution >= 0.6 is 12.4 Å². The van der Waals surface area contributed by atoms with Gasteiger partial charge in [0, 0.05) is 31.5 Å². The van der Waals surface area contributed by atoms with Crippen molar-refractivity contribution in [1.82, 2.24) is 10.2 Å². The van der Waals surface area contributed by atoms with E-state index >= 15 is 0 Å². The summed E-state index contributed by atoms with van der Waals surface area (Å²) in [6.07, 6.45) is 5.99. The first-order valence-corrected chi connectivity index (χ1v) is 9.20. The van der Waals surface area contributed by atoms with Gasteiger partial charge in [-0.15, -0.1) is 12.4 Å². The van der Waals surface area contributed by atoms with Crippen LogP contribution < -0.4 is 5.32 Å². The van der Waals surface area contributed by atoms with Crippen LogP contribution in [0.1, 0.15) is 61.4 Å². The van der Waals surface area contributed by atoms with Gasteiger partial charge in [0.25, 0.3) is 0 Å². The highest BCUT2D eigenvalue weighted by Gasteiger charge is 2.22. The van der Waals surface area contributed by atoms with Crippen molar-refractivity contribution in [3.63, 3.8) is 0 Å². The minimum atomic E-state index is 0. The molecule has 0 atom stereocenters. The highest BCUT2D eigenvalue weighted by Crippen LogP contribution is 2.14. The third kappa shape index (κ3) is 6.79. The number of unbranched alkanes of at least 4 members (excludes halogenated alkanes) is 1. The maximum absolute atomic E-state index is 12.3. The van der Waals surface area contributed by atoms with Crippen LogP contribution in [-0.2, 0) is 11.2 Å². The van der Waals surface area contributed by atoms with E-state index in [0.29, 0.717) is 24.4 Å². The summed E-state index contributed by atoms with van der Waals surface area (Å²) in [6.45, 7) is 4.10. The largest absolute Gasteiger partial charge is 0.343 e. The molecule has 0 radical (unpaired) electrons. The van der Waals surface area contributed by atoms with Gasteiger partial charge in [0.15, 0.2) is 5.78 Å². The predicted molar refractivity (Wildman–Crippen MR) is 105 cm³/mol. The summed E-state index contributed by atoms with van der Waals surface area (Å²) in [5.74, 6) is 0.138. The Labute approximate surface area is 157 Å². The van der Waals surface area contributed by atoms with Gasteiger partial charge in [-0.25, -0.2) is 0 Å². The average molecular weight is 367 g/mol. The first kappa shape index (κ1) is 21.7. The predicted octanol–water partition coefficient (Wildman–Crippen LogP) is 3.62. The Balaban J connectivity index is 0.00000312. The molecule has 1 saturated heterocycles. The zero-order valence-corrected chi connectivity index (χ0v) is 16.2. The Bertz CT molecular complexity index is 539. The van der Waals surface area contributed by atoms with Crippen LogP contribution in [-0.4, -0.2) is 42.8 Å². The fraction of sp³-hybridized carbons (Fsp3) is 0.600. The normalized spacial score (nSPS) is 14.6. The standard InChI is InChI=1S/C20H30N2O2.ClH/c1-3-4-5-16-6-8-17(9-7-16)19(23)10-11-20(24)22(2)18-12-14-21-15-13-18;/h6-9,18,21H,3-5,10-15H2,1-2H3;1H. The van der Waals surface area contributed by atoms with Crippen molar-refractivity contribution >= 4 is 24.1 Å². The van der Waals surface area contributed by atoms with Gasteiger partial charge in [0.05, 0.1) is 0 Å². The van der Waals surface area contributed by atoms with Gasteiger partial charge >= 0.3 is 0 Å². The highest BCUT2D eigenvalue weighted by atomic mass is 35.5. The van der Waals surface area contributed by atoms with Crippen molar-refractivity contribution in [1.29, 1.82) is 0 Å². The third-order valence-corrected chi connectivity index (χ3v) is 4.91. The van der Waals surface area contributed by atoms with Crippen molar-refractivity contribution in [2.45, 2.75) is 57.9 Å². The number of piperidine rings is 1. The van der Waals surface area contributed by atoms with Crippen molar-refractivity contribution in [2.75, 3.05) is 20.1 Å². The number of benzene rings is 1. The fourth-order valence-electron chi connectivity index (χ4n) is 3.18. The summed E-state index contributed by atoms with van der Waals surface area (Å²) < 4.78 is 0. The summed E-state index contributed by atoms with van der Waals surface area (Å²) >= 11 is 0. The smallest absolute Gasteiger partial charge is 0.223 e. The number of nitrogens with one attached hydrogen (secondary N) is 1. The van der Waals surface area contributed by atoms with Crippen LogP contribution in [0.15, 0.2) is 24.3 Å². The van der Waals surface area contributed by atoms with Crippen LogP contribution in [0.5, 0.6) is 0 Å². The Morgan fingerprint density at radius 3 is 2.36 bits per heavy atom. The van der Waals surface area contributed by atoms with Gasteiger partial charge in [-0.3, -0.25) is 9.59 Å². The molecular weight excluding hydrogens is 336 g/mol. The van der Waals surface area contributed by atoms with Crippen LogP contribution in [0.4, 0.5) is 0 Å². The minimum Gasteiger partial charge on any atom is -0.343 e. The van der Waals surface area contributed by atoms with E-state index in [-0.39, 0.29) is 24.1 Å². The number of rotatable bonds is 8. The number of carbonyl (C=O) groups excluding carboxylic acids is 2. The first-order chi connectivity index (χ1) is 11.6. The second-order valence-electron chi connectivity index (χ2n) is 6.71. The van der Waals surface area contributed by atoms with Crippen molar-refractivity contribution < 1.29 is 9.59 Å². The molecule has 0 bridgehead atoms. The van der Waals surface area contributed by atoms with E-state index in [1.807, 2.05) is 36.2 Å². The Kier molecular flexibility index (Phi) is 9.76. The number of hydrogen-bond acceptors (Lipinski definition) is 3. The SMILES string of the molecule is CCCCc1ccc(C(=O)CCC(=O)N(C)C2CCNCC2)cc1.Cl. The van der Waals surface area contributed by atoms with Gasteiger partial charge in [0.1, 0.15) is 0 Å². The molecule has 1 aliphatic rings. The van der Waals surface area contributed by atoms with Crippen molar-refractivity contribution in [3.05, 3.63) is 35.4 Å². The monoisotopic (exact) mass is 366 g/mol. The van der Waals surface area contributed by atoms with Gasteiger partial charge in [-0.2, -0.15) is 0 Å². The van der Waals surface area contributed by atoms with E-state index in [1.165, 1.54) is 18.4 Å². The lowest BCUT2D eigenvalue weighted by Gasteiger charge is -2.31. The molecule has 1 aliphatic heterocycles. The molecule has 1 fully saturated rings. The minimum absolute atomic E-state index is 0. The lowest BCUT2D eigenvalue weighted by atomic mass is 10.0. The summed E-state index contributed by atoms with van der Waals surface area (Å²) in [6, 6.07) is 8.17.